The minimum Gasteiger partial charge on any atom is -0.308 e. The number of nitrogens with one attached hydrogen (secondary N) is 1. The first kappa shape index (κ1) is 15.7. The van der Waals surface area contributed by atoms with Crippen LogP contribution in [0, 0.1) is 0 Å². The lowest BCUT2D eigenvalue weighted by Gasteiger charge is -2.20. The van der Waals surface area contributed by atoms with E-state index in [1.54, 1.807) is 0 Å². The quantitative estimate of drug-likeness (QED) is 0.786. The molecule has 108 valence electrons. The Hall–Kier alpha value is -0.650. The number of aryl methyl sites for hydroxylation is 1. The summed E-state index contributed by atoms with van der Waals surface area (Å²) < 4.78 is 4.12. The molecular formula is C15H19Br2N3. The largest absolute Gasteiger partial charge is 0.308 e. The summed E-state index contributed by atoms with van der Waals surface area (Å²) in [6.07, 6.45) is 3.92. The first-order chi connectivity index (χ1) is 9.61. The maximum Gasteiger partial charge on any atom is 0.0695 e. The monoisotopic (exact) mass is 399 g/mol. The molecule has 1 atom stereocenters. The second-order valence-electron chi connectivity index (χ2n) is 4.84. The van der Waals surface area contributed by atoms with Crippen molar-refractivity contribution < 1.29 is 0 Å². The molecule has 0 aliphatic carbocycles. The van der Waals surface area contributed by atoms with E-state index in [1.165, 1.54) is 11.3 Å². The molecule has 1 aromatic carbocycles. The summed E-state index contributed by atoms with van der Waals surface area (Å²) in [6.45, 7) is 3.18. The van der Waals surface area contributed by atoms with Crippen molar-refractivity contribution in [3.8, 4) is 0 Å². The van der Waals surface area contributed by atoms with Gasteiger partial charge in [-0.1, -0.05) is 35.0 Å². The Morgan fingerprint density at radius 2 is 2.15 bits per heavy atom. The van der Waals surface area contributed by atoms with Gasteiger partial charge in [0.2, 0.25) is 0 Å². The topological polar surface area (TPSA) is 29.9 Å². The van der Waals surface area contributed by atoms with Gasteiger partial charge < -0.3 is 5.32 Å². The van der Waals surface area contributed by atoms with E-state index >= 15 is 0 Å². The molecule has 0 saturated carbocycles. The number of nitrogens with zero attached hydrogens (tertiary/aromatic N) is 2. The lowest BCUT2D eigenvalue weighted by molar-refractivity contribution is 0.491. The van der Waals surface area contributed by atoms with Crippen molar-refractivity contribution in [2.24, 2.45) is 7.05 Å². The van der Waals surface area contributed by atoms with Crippen molar-refractivity contribution >= 4 is 31.9 Å². The highest BCUT2D eigenvalue weighted by atomic mass is 79.9. The number of aromatic nitrogens is 2. The van der Waals surface area contributed by atoms with E-state index in [2.05, 4.69) is 73.5 Å². The van der Waals surface area contributed by atoms with E-state index in [0.29, 0.717) is 0 Å². The van der Waals surface area contributed by atoms with Crippen molar-refractivity contribution in [1.29, 1.82) is 0 Å². The summed E-state index contributed by atoms with van der Waals surface area (Å²) in [5, 5.41) is 7.94. The minimum absolute atomic E-state index is 0.256. The molecule has 1 unspecified atom stereocenters. The zero-order valence-corrected chi connectivity index (χ0v) is 14.9. The highest BCUT2D eigenvalue weighted by molar-refractivity contribution is 9.10. The van der Waals surface area contributed by atoms with Gasteiger partial charge >= 0.3 is 0 Å². The van der Waals surface area contributed by atoms with Crippen molar-refractivity contribution in [1.82, 2.24) is 15.1 Å². The summed E-state index contributed by atoms with van der Waals surface area (Å²) >= 11 is 7.14. The Kier molecular flexibility index (Phi) is 5.81. The predicted molar refractivity (Wildman–Crippen MR) is 89.8 cm³/mol. The van der Waals surface area contributed by atoms with Crippen LogP contribution in [0.1, 0.15) is 30.6 Å². The third-order valence-electron chi connectivity index (χ3n) is 3.24. The lowest BCUT2D eigenvalue weighted by atomic mass is 10.0. The molecule has 0 spiro atoms. The van der Waals surface area contributed by atoms with Crippen LogP contribution in [0.25, 0.3) is 0 Å². The number of halogens is 2. The SMILES string of the molecule is CCCNC(Cc1cccc(Br)c1)c1c(Br)cnn1C. The van der Waals surface area contributed by atoms with E-state index in [0.717, 1.165) is 28.3 Å². The van der Waals surface area contributed by atoms with Gasteiger partial charge in [-0.3, -0.25) is 4.68 Å². The number of hydrogen-bond acceptors (Lipinski definition) is 2. The molecule has 5 heteroatoms. The minimum atomic E-state index is 0.256. The van der Waals surface area contributed by atoms with Crippen LogP contribution in [0.15, 0.2) is 39.4 Å². The summed E-state index contributed by atoms with van der Waals surface area (Å²) in [5.74, 6) is 0. The Labute approximate surface area is 137 Å². The average molecular weight is 401 g/mol. The van der Waals surface area contributed by atoms with Gasteiger partial charge in [0.15, 0.2) is 0 Å². The molecule has 0 aliphatic heterocycles. The van der Waals surface area contributed by atoms with Gasteiger partial charge in [-0.05, 0) is 53.0 Å². The molecule has 2 rings (SSSR count). The van der Waals surface area contributed by atoms with Crippen LogP contribution in [0.2, 0.25) is 0 Å². The van der Waals surface area contributed by atoms with Gasteiger partial charge in [0, 0.05) is 11.5 Å². The first-order valence-electron chi connectivity index (χ1n) is 6.77. The Balaban J connectivity index is 2.24. The molecule has 0 fully saturated rings. The molecule has 1 heterocycles. The molecule has 2 aromatic rings. The van der Waals surface area contributed by atoms with E-state index in [-0.39, 0.29) is 6.04 Å². The molecule has 1 N–H and O–H groups in total. The van der Waals surface area contributed by atoms with Crippen LogP contribution in [-0.2, 0) is 13.5 Å². The molecular weight excluding hydrogens is 382 g/mol. The standard InChI is InChI=1S/C15H19Br2N3/c1-3-7-18-14(15-13(17)10-19-20(15)2)9-11-5-4-6-12(16)8-11/h4-6,8,10,14,18H,3,7,9H2,1-2H3. The Morgan fingerprint density at radius 3 is 2.75 bits per heavy atom. The fraction of sp³-hybridized carbons (Fsp3) is 0.400. The van der Waals surface area contributed by atoms with Crippen LogP contribution in [0.3, 0.4) is 0 Å². The molecule has 1 aromatic heterocycles. The first-order valence-corrected chi connectivity index (χ1v) is 8.35. The maximum absolute atomic E-state index is 4.32. The zero-order valence-electron chi connectivity index (χ0n) is 11.7. The van der Waals surface area contributed by atoms with Crippen molar-refractivity contribution in [3.63, 3.8) is 0 Å². The van der Waals surface area contributed by atoms with Crippen LogP contribution in [0.5, 0.6) is 0 Å². The zero-order chi connectivity index (χ0) is 14.5. The van der Waals surface area contributed by atoms with Gasteiger partial charge in [0.1, 0.15) is 0 Å². The second kappa shape index (κ2) is 7.38. The highest BCUT2D eigenvalue weighted by Gasteiger charge is 2.18. The fourth-order valence-corrected chi connectivity index (χ4v) is 3.37. The van der Waals surface area contributed by atoms with E-state index in [1.807, 2.05) is 17.9 Å². The fourth-order valence-electron chi connectivity index (χ4n) is 2.30. The summed E-state index contributed by atoms with van der Waals surface area (Å²) in [7, 11) is 1.99. The molecule has 20 heavy (non-hydrogen) atoms. The van der Waals surface area contributed by atoms with Crippen molar-refractivity contribution in [2.75, 3.05) is 6.54 Å². The summed E-state index contributed by atoms with van der Waals surface area (Å²) in [4.78, 5) is 0. The van der Waals surface area contributed by atoms with E-state index < -0.39 is 0 Å². The number of benzene rings is 1. The third-order valence-corrected chi connectivity index (χ3v) is 4.34. The molecule has 0 amide bonds. The summed E-state index contributed by atoms with van der Waals surface area (Å²) in [5.41, 5.74) is 2.50. The van der Waals surface area contributed by atoms with Gasteiger partial charge in [-0.2, -0.15) is 5.10 Å². The van der Waals surface area contributed by atoms with Crippen LogP contribution in [-0.4, -0.2) is 16.3 Å². The van der Waals surface area contributed by atoms with Gasteiger partial charge in [0.05, 0.1) is 22.4 Å². The van der Waals surface area contributed by atoms with Gasteiger partial charge in [-0.15, -0.1) is 0 Å². The van der Waals surface area contributed by atoms with E-state index in [9.17, 15) is 0 Å². The second-order valence-corrected chi connectivity index (χ2v) is 6.61. The van der Waals surface area contributed by atoms with E-state index in [4.69, 9.17) is 0 Å². The predicted octanol–water partition coefficient (Wildman–Crippen LogP) is 4.23. The number of hydrogen-bond donors (Lipinski definition) is 1. The molecule has 0 radical (unpaired) electrons. The van der Waals surface area contributed by atoms with Crippen LogP contribution in [0.4, 0.5) is 0 Å². The Morgan fingerprint density at radius 1 is 1.35 bits per heavy atom. The molecule has 0 saturated heterocycles. The molecule has 0 bridgehead atoms. The van der Waals surface area contributed by atoms with Crippen LogP contribution < -0.4 is 5.32 Å². The normalized spacial score (nSPS) is 12.6. The van der Waals surface area contributed by atoms with Crippen molar-refractivity contribution in [2.45, 2.75) is 25.8 Å². The lowest BCUT2D eigenvalue weighted by Crippen LogP contribution is -2.26. The highest BCUT2D eigenvalue weighted by Crippen LogP contribution is 2.26. The third kappa shape index (κ3) is 3.93. The number of rotatable bonds is 6. The van der Waals surface area contributed by atoms with Crippen molar-refractivity contribution in [3.05, 3.63) is 50.7 Å². The molecule has 0 aliphatic rings. The maximum atomic E-state index is 4.32. The molecule has 3 nitrogen and oxygen atoms in total. The summed E-state index contributed by atoms with van der Waals surface area (Å²) in [6, 6.07) is 8.72. The Bertz CT molecular complexity index is 546. The van der Waals surface area contributed by atoms with Gasteiger partial charge in [0.25, 0.3) is 0 Å². The van der Waals surface area contributed by atoms with Crippen LogP contribution >= 0.6 is 31.9 Å². The smallest absolute Gasteiger partial charge is 0.0695 e. The average Bonchev–Trinajstić information content (AvgIpc) is 2.74. The van der Waals surface area contributed by atoms with Gasteiger partial charge in [-0.25, -0.2) is 0 Å².